The van der Waals surface area contributed by atoms with Crippen LogP contribution in [0, 0.1) is 22.7 Å². The smallest absolute Gasteiger partial charge is 0.413 e. The molecule has 3 N–H and O–H groups in total. The van der Waals surface area contributed by atoms with Gasteiger partial charge in [-0.15, -0.1) is 0 Å². The number of carbonyl (C=O) groups is 2. The highest BCUT2D eigenvalue weighted by Gasteiger charge is 2.40. The van der Waals surface area contributed by atoms with Crippen LogP contribution in [0.25, 0.3) is 0 Å². The largest absolute Gasteiger partial charge is 0.450 e. The van der Waals surface area contributed by atoms with Crippen LogP contribution in [0.5, 0.6) is 0 Å². The van der Waals surface area contributed by atoms with E-state index >= 15 is 0 Å². The quantitative estimate of drug-likeness (QED) is 0.368. The Morgan fingerprint density at radius 1 is 1.31 bits per heavy atom. The first-order valence-electron chi connectivity index (χ1n) is 12.8. The van der Waals surface area contributed by atoms with E-state index in [4.69, 9.17) is 14.5 Å². The Labute approximate surface area is 210 Å². The third kappa shape index (κ3) is 9.65. The molecule has 198 valence electrons. The highest BCUT2D eigenvalue weighted by molar-refractivity contribution is 5.96. The number of nitrogens with one attached hydrogen (secondary N) is 3. The number of rotatable bonds is 7. The Morgan fingerprint density at radius 2 is 2.00 bits per heavy atom. The van der Waals surface area contributed by atoms with Crippen molar-refractivity contribution in [1.82, 2.24) is 20.9 Å². The van der Waals surface area contributed by atoms with Crippen molar-refractivity contribution in [2.24, 2.45) is 16.3 Å². The zero-order valence-corrected chi connectivity index (χ0v) is 22.3. The van der Waals surface area contributed by atoms with Crippen LogP contribution in [-0.2, 0) is 14.3 Å². The summed E-state index contributed by atoms with van der Waals surface area (Å²) in [6.07, 6.45) is 1.86. The van der Waals surface area contributed by atoms with Crippen molar-refractivity contribution in [3.63, 3.8) is 0 Å². The second kappa shape index (κ2) is 13.1. The summed E-state index contributed by atoms with van der Waals surface area (Å²) < 4.78 is 10.5. The van der Waals surface area contributed by atoms with Gasteiger partial charge in [0.25, 0.3) is 0 Å². The van der Waals surface area contributed by atoms with Gasteiger partial charge in [-0.1, -0.05) is 34.6 Å². The van der Waals surface area contributed by atoms with E-state index in [1.54, 1.807) is 6.92 Å². The fraction of sp³-hybridized carbons (Fsp3) is 0.840. The second-order valence-electron chi connectivity index (χ2n) is 11.1. The lowest BCUT2D eigenvalue weighted by Crippen LogP contribution is -2.59. The minimum Gasteiger partial charge on any atom is -0.450 e. The number of nitriles is 1. The van der Waals surface area contributed by atoms with Crippen LogP contribution < -0.4 is 16.0 Å². The van der Waals surface area contributed by atoms with Crippen molar-refractivity contribution < 1.29 is 19.1 Å². The van der Waals surface area contributed by atoms with Crippen molar-refractivity contribution in [2.45, 2.75) is 84.8 Å². The molecule has 0 aromatic rings. The summed E-state index contributed by atoms with van der Waals surface area (Å²) >= 11 is 0. The summed E-state index contributed by atoms with van der Waals surface area (Å²) in [6, 6.07) is 1.79. The van der Waals surface area contributed by atoms with Crippen LogP contribution in [0.2, 0.25) is 0 Å². The van der Waals surface area contributed by atoms with Gasteiger partial charge in [0, 0.05) is 19.1 Å². The highest BCUT2D eigenvalue weighted by atomic mass is 16.5. The molecule has 2 fully saturated rings. The van der Waals surface area contributed by atoms with E-state index in [1.807, 2.05) is 25.7 Å². The summed E-state index contributed by atoms with van der Waals surface area (Å²) in [5, 5.41) is 19.4. The standard InChI is InChI=1S/C25H44N6O4/c1-7-35-23(33)29-22(31-10-12-34-13-11-31)28-20(16-24(4,5)6)21(32)30-25(17-26)8-9-27-19(15-25)14-18(2)3/h18-20,27H,7-16H2,1-6H3,(H,30,32)(H,28,29,33)/t19?,20-,25?/m0/s1. The van der Waals surface area contributed by atoms with Gasteiger partial charge in [-0.05, 0) is 50.5 Å². The third-order valence-corrected chi connectivity index (χ3v) is 6.10. The number of nitrogens with zero attached hydrogens (tertiary/aromatic N) is 3. The van der Waals surface area contributed by atoms with Gasteiger partial charge in [-0.2, -0.15) is 5.26 Å². The van der Waals surface area contributed by atoms with Gasteiger partial charge < -0.3 is 25.0 Å². The van der Waals surface area contributed by atoms with Gasteiger partial charge in [0.2, 0.25) is 11.9 Å². The number of alkyl carbamates (subject to hydrolysis) is 1. The lowest BCUT2D eigenvalue weighted by molar-refractivity contribution is -0.124. The van der Waals surface area contributed by atoms with E-state index in [1.165, 1.54) is 0 Å². The number of hydrogen-bond donors (Lipinski definition) is 3. The minimum absolute atomic E-state index is 0.169. The predicted molar refractivity (Wildman–Crippen MR) is 135 cm³/mol. The van der Waals surface area contributed by atoms with Crippen LogP contribution in [0.1, 0.15) is 67.2 Å². The molecule has 0 spiro atoms. The molecule has 2 aliphatic heterocycles. The Morgan fingerprint density at radius 3 is 2.57 bits per heavy atom. The van der Waals surface area contributed by atoms with Gasteiger partial charge in [-0.3, -0.25) is 10.1 Å². The SMILES string of the molecule is CCOC(=O)NC(=N[C@@H](CC(C)(C)C)C(=O)NC1(C#N)CCNC(CC(C)C)C1)N1CCOCC1. The van der Waals surface area contributed by atoms with E-state index in [2.05, 4.69) is 35.9 Å². The van der Waals surface area contributed by atoms with Crippen molar-refractivity contribution in [3.8, 4) is 6.07 Å². The van der Waals surface area contributed by atoms with Crippen LogP contribution >= 0.6 is 0 Å². The Balaban J connectivity index is 2.31. The monoisotopic (exact) mass is 492 g/mol. The summed E-state index contributed by atoms with van der Waals surface area (Å²) in [5.74, 6) is 0.481. The maximum absolute atomic E-state index is 13.6. The summed E-state index contributed by atoms with van der Waals surface area (Å²) in [5.41, 5.74) is -1.15. The van der Waals surface area contributed by atoms with E-state index in [0.717, 1.165) is 6.42 Å². The number of hydrogen-bond acceptors (Lipinski definition) is 7. The molecule has 10 nitrogen and oxygen atoms in total. The van der Waals surface area contributed by atoms with Crippen molar-refractivity contribution in [2.75, 3.05) is 39.5 Å². The molecule has 35 heavy (non-hydrogen) atoms. The predicted octanol–water partition coefficient (Wildman–Crippen LogP) is 2.40. The van der Waals surface area contributed by atoms with E-state index < -0.39 is 17.7 Å². The van der Waals surface area contributed by atoms with Crippen LogP contribution in [0.3, 0.4) is 0 Å². The molecule has 3 atom stereocenters. The van der Waals surface area contributed by atoms with E-state index in [9.17, 15) is 14.9 Å². The lowest BCUT2D eigenvalue weighted by atomic mass is 9.82. The highest BCUT2D eigenvalue weighted by Crippen LogP contribution is 2.27. The summed E-state index contributed by atoms with van der Waals surface area (Å²) in [7, 11) is 0. The number of guanidine groups is 1. The second-order valence-corrected chi connectivity index (χ2v) is 11.1. The molecule has 2 saturated heterocycles. The maximum atomic E-state index is 13.6. The van der Waals surface area contributed by atoms with Crippen LogP contribution in [0.4, 0.5) is 4.79 Å². The normalized spacial score (nSPS) is 24.5. The van der Waals surface area contributed by atoms with Gasteiger partial charge in [0.1, 0.15) is 11.6 Å². The first-order valence-corrected chi connectivity index (χ1v) is 12.8. The van der Waals surface area contributed by atoms with Crippen molar-refractivity contribution in [1.29, 1.82) is 5.26 Å². The van der Waals surface area contributed by atoms with Gasteiger partial charge in [-0.25, -0.2) is 9.79 Å². The number of ether oxygens (including phenoxy) is 2. The summed E-state index contributed by atoms with van der Waals surface area (Å²) in [4.78, 5) is 32.5. The molecule has 10 heteroatoms. The molecule has 0 aromatic carbocycles. The number of amides is 2. The molecule has 2 amide bonds. The van der Waals surface area contributed by atoms with Gasteiger partial charge in [0.15, 0.2) is 0 Å². The number of morpholine rings is 1. The first kappa shape index (κ1) is 28.9. The molecule has 2 rings (SSSR count). The molecule has 2 aliphatic rings. The molecule has 0 aliphatic carbocycles. The molecule has 2 unspecified atom stereocenters. The van der Waals surface area contributed by atoms with E-state index in [-0.39, 0.29) is 24.0 Å². The zero-order valence-electron chi connectivity index (χ0n) is 22.3. The van der Waals surface area contributed by atoms with Crippen LogP contribution in [0.15, 0.2) is 4.99 Å². The minimum atomic E-state index is -0.943. The molecule has 0 aromatic heterocycles. The first-order chi connectivity index (χ1) is 16.5. The Hall–Kier alpha value is -2.38. The van der Waals surface area contributed by atoms with Crippen molar-refractivity contribution in [3.05, 3.63) is 0 Å². The van der Waals surface area contributed by atoms with Gasteiger partial charge in [0.05, 0.1) is 25.9 Å². The van der Waals surface area contributed by atoms with E-state index in [0.29, 0.717) is 64.0 Å². The number of piperidine rings is 1. The molecule has 0 radical (unpaired) electrons. The Kier molecular flexibility index (Phi) is 10.8. The molecule has 2 heterocycles. The van der Waals surface area contributed by atoms with Gasteiger partial charge >= 0.3 is 6.09 Å². The summed E-state index contributed by atoms with van der Waals surface area (Å²) in [6.45, 7) is 15.1. The molecular formula is C25H44N6O4. The van der Waals surface area contributed by atoms with Crippen LogP contribution in [-0.4, -0.2) is 79.9 Å². The topological polar surface area (TPSA) is 128 Å². The average Bonchev–Trinajstić information content (AvgIpc) is 2.77. The van der Waals surface area contributed by atoms with Crippen molar-refractivity contribution >= 4 is 18.0 Å². The molecule has 0 bridgehead atoms. The fourth-order valence-electron chi connectivity index (χ4n) is 4.53. The Bertz CT molecular complexity index is 782. The molecule has 0 saturated carbocycles. The fourth-order valence-corrected chi connectivity index (χ4v) is 4.53. The maximum Gasteiger partial charge on any atom is 0.413 e. The number of carbonyl (C=O) groups excluding carboxylic acids is 2. The lowest BCUT2D eigenvalue weighted by Gasteiger charge is -2.39. The third-order valence-electron chi connectivity index (χ3n) is 6.10. The zero-order chi connectivity index (χ0) is 26.1. The molecular weight excluding hydrogens is 448 g/mol. The average molecular weight is 493 g/mol. The number of aliphatic imine (C=N–C) groups is 1.